The first-order valence-corrected chi connectivity index (χ1v) is 10.7. The fraction of sp³-hybridized carbons (Fsp3) is 1.00. The van der Waals surface area contributed by atoms with Gasteiger partial charge in [0.05, 0.1) is 0 Å². The first-order chi connectivity index (χ1) is 10.8. The van der Waals surface area contributed by atoms with Crippen molar-refractivity contribution in [3.8, 4) is 0 Å². The molecule has 126 valence electrons. The molecular weight excluding hydrogens is 295 g/mol. The van der Waals surface area contributed by atoms with Crippen LogP contribution in [-0.4, -0.2) is 12.2 Å². The van der Waals surface area contributed by atoms with Crippen molar-refractivity contribution in [1.82, 2.24) is 0 Å². The Labute approximate surface area is 136 Å². The molecule has 1 unspecified atom stereocenters. The second-order valence-corrected chi connectivity index (χ2v) is 8.50. The molecule has 0 saturated heterocycles. The van der Waals surface area contributed by atoms with Gasteiger partial charge in [-0.2, -0.15) is 0 Å². The van der Waals surface area contributed by atoms with Crippen LogP contribution in [0.1, 0.15) is 89.9 Å². The second kappa shape index (κ2) is 8.76. The lowest BCUT2D eigenvalue weighted by Crippen LogP contribution is -2.26. The molecular formula is C18H32O3P+. The maximum absolute atomic E-state index is 12.1. The molecule has 0 spiro atoms. The monoisotopic (exact) mass is 327 g/mol. The van der Waals surface area contributed by atoms with Crippen LogP contribution in [-0.2, 0) is 13.6 Å². The maximum Gasteiger partial charge on any atom is 0.697 e. The zero-order valence-electron chi connectivity index (χ0n) is 13.9. The summed E-state index contributed by atoms with van der Waals surface area (Å²) in [5.41, 5.74) is 0. The summed E-state index contributed by atoms with van der Waals surface area (Å²) in [6, 6.07) is 0. The van der Waals surface area contributed by atoms with Crippen molar-refractivity contribution in [2.45, 2.75) is 102 Å². The highest BCUT2D eigenvalue weighted by atomic mass is 31.1. The lowest BCUT2D eigenvalue weighted by atomic mass is 9.73. The lowest BCUT2D eigenvalue weighted by molar-refractivity contribution is 0.0705. The van der Waals surface area contributed by atoms with E-state index in [0.717, 1.165) is 37.5 Å². The van der Waals surface area contributed by atoms with Gasteiger partial charge in [0, 0.05) is 4.57 Å². The van der Waals surface area contributed by atoms with Crippen molar-refractivity contribution < 1.29 is 13.6 Å². The van der Waals surface area contributed by atoms with Gasteiger partial charge in [-0.05, 0) is 50.4 Å². The first kappa shape index (κ1) is 16.9. The first-order valence-electron chi connectivity index (χ1n) is 9.62. The highest BCUT2D eigenvalue weighted by molar-refractivity contribution is 7.33. The highest BCUT2D eigenvalue weighted by Crippen LogP contribution is 2.42. The zero-order chi connectivity index (χ0) is 15.2. The van der Waals surface area contributed by atoms with Gasteiger partial charge in [-0.25, -0.2) is 0 Å². The molecule has 4 heteroatoms. The molecule has 0 amide bonds. The zero-order valence-corrected chi connectivity index (χ0v) is 14.8. The third-order valence-electron chi connectivity index (χ3n) is 6.06. The third-order valence-corrected chi connectivity index (χ3v) is 7.00. The van der Waals surface area contributed by atoms with Crippen molar-refractivity contribution in [2.24, 2.45) is 11.8 Å². The van der Waals surface area contributed by atoms with Crippen molar-refractivity contribution in [3.63, 3.8) is 0 Å². The van der Waals surface area contributed by atoms with E-state index in [2.05, 4.69) is 0 Å². The Bertz CT molecular complexity index is 340. The Morgan fingerprint density at radius 1 is 0.545 bits per heavy atom. The van der Waals surface area contributed by atoms with Gasteiger partial charge in [-0.1, -0.05) is 51.4 Å². The molecule has 3 saturated carbocycles. The summed E-state index contributed by atoms with van der Waals surface area (Å²) in [6.45, 7) is 0. The van der Waals surface area contributed by atoms with Crippen LogP contribution in [0.5, 0.6) is 0 Å². The van der Waals surface area contributed by atoms with Crippen molar-refractivity contribution in [2.75, 3.05) is 0 Å². The Kier molecular flexibility index (Phi) is 6.71. The van der Waals surface area contributed by atoms with E-state index in [1.54, 1.807) is 0 Å². The van der Waals surface area contributed by atoms with E-state index in [9.17, 15) is 4.57 Å². The van der Waals surface area contributed by atoms with Crippen LogP contribution in [0.15, 0.2) is 0 Å². The molecule has 3 rings (SSSR count). The van der Waals surface area contributed by atoms with Gasteiger partial charge in [-0.3, -0.25) is 0 Å². The van der Waals surface area contributed by atoms with Gasteiger partial charge in [0.15, 0.2) is 0 Å². The summed E-state index contributed by atoms with van der Waals surface area (Å²) in [6.07, 6.45) is 18.0. The van der Waals surface area contributed by atoms with E-state index in [0.29, 0.717) is 0 Å². The Morgan fingerprint density at radius 2 is 1.00 bits per heavy atom. The predicted octanol–water partition coefficient (Wildman–Crippen LogP) is 6.15. The standard InChI is InChI=1S/C18H32O3P/c19-22(20-17-9-5-2-6-10-17)21-18-13-11-16(12-14-18)15-7-3-1-4-8-15/h15-18H,1-14H2/q+1. The molecule has 0 aliphatic heterocycles. The maximum atomic E-state index is 12.1. The molecule has 3 nitrogen and oxygen atoms in total. The van der Waals surface area contributed by atoms with E-state index in [1.165, 1.54) is 64.2 Å². The fourth-order valence-corrected chi connectivity index (χ4v) is 5.67. The Hall–Kier alpha value is 0.0200. The minimum Gasteiger partial charge on any atom is -0.116 e. The van der Waals surface area contributed by atoms with Gasteiger partial charge in [0.1, 0.15) is 12.2 Å². The fourth-order valence-electron chi connectivity index (χ4n) is 4.71. The summed E-state index contributed by atoms with van der Waals surface area (Å²) < 4.78 is 23.4. The average Bonchev–Trinajstić information content (AvgIpc) is 2.57. The van der Waals surface area contributed by atoms with Crippen LogP contribution in [0.2, 0.25) is 0 Å². The molecule has 3 aliphatic rings. The molecule has 0 bridgehead atoms. The molecule has 3 fully saturated rings. The molecule has 0 aromatic rings. The van der Waals surface area contributed by atoms with Crippen LogP contribution >= 0.6 is 8.25 Å². The number of hydrogen-bond donors (Lipinski definition) is 0. The summed E-state index contributed by atoms with van der Waals surface area (Å²) in [4.78, 5) is 0. The Morgan fingerprint density at radius 3 is 1.59 bits per heavy atom. The van der Waals surface area contributed by atoms with Gasteiger partial charge in [-0.15, -0.1) is 9.05 Å². The number of hydrogen-bond acceptors (Lipinski definition) is 3. The number of rotatable bonds is 5. The van der Waals surface area contributed by atoms with Crippen LogP contribution < -0.4 is 0 Å². The molecule has 0 N–H and O–H groups in total. The van der Waals surface area contributed by atoms with Crippen molar-refractivity contribution in [1.29, 1.82) is 0 Å². The second-order valence-electron chi connectivity index (χ2n) is 7.63. The molecule has 0 radical (unpaired) electrons. The predicted molar refractivity (Wildman–Crippen MR) is 89.0 cm³/mol. The summed E-state index contributed by atoms with van der Waals surface area (Å²) >= 11 is 0. The molecule has 3 aliphatic carbocycles. The van der Waals surface area contributed by atoms with E-state index < -0.39 is 8.25 Å². The van der Waals surface area contributed by atoms with Gasteiger partial charge in [0.2, 0.25) is 0 Å². The summed E-state index contributed by atoms with van der Waals surface area (Å²) in [5.74, 6) is 1.86. The Balaban J connectivity index is 1.35. The molecule has 0 aromatic carbocycles. The van der Waals surface area contributed by atoms with E-state index in [1.807, 2.05) is 0 Å². The van der Waals surface area contributed by atoms with E-state index in [-0.39, 0.29) is 12.2 Å². The SMILES string of the molecule is O=[P+](OC1CCCCC1)OC1CCC(C2CCCCC2)CC1. The summed E-state index contributed by atoms with van der Waals surface area (Å²) in [5, 5.41) is 0. The van der Waals surface area contributed by atoms with Crippen molar-refractivity contribution >= 4 is 8.25 Å². The quantitative estimate of drug-likeness (QED) is 0.568. The van der Waals surface area contributed by atoms with Crippen LogP contribution in [0.25, 0.3) is 0 Å². The van der Waals surface area contributed by atoms with Gasteiger partial charge < -0.3 is 0 Å². The van der Waals surface area contributed by atoms with Gasteiger partial charge in [0.25, 0.3) is 0 Å². The average molecular weight is 327 g/mol. The van der Waals surface area contributed by atoms with Crippen LogP contribution in [0.4, 0.5) is 0 Å². The third kappa shape index (κ3) is 5.01. The molecule has 0 heterocycles. The van der Waals surface area contributed by atoms with Crippen molar-refractivity contribution in [3.05, 3.63) is 0 Å². The smallest absolute Gasteiger partial charge is 0.116 e. The minimum absolute atomic E-state index is 0.173. The van der Waals surface area contributed by atoms with E-state index >= 15 is 0 Å². The van der Waals surface area contributed by atoms with E-state index in [4.69, 9.17) is 9.05 Å². The minimum atomic E-state index is -1.91. The van der Waals surface area contributed by atoms with Crippen LogP contribution in [0.3, 0.4) is 0 Å². The normalized spacial score (nSPS) is 32.8. The topological polar surface area (TPSA) is 35.5 Å². The van der Waals surface area contributed by atoms with Crippen LogP contribution in [0, 0.1) is 11.8 Å². The summed E-state index contributed by atoms with van der Waals surface area (Å²) in [7, 11) is -1.91. The van der Waals surface area contributed by atoms with Gasteiger partial charge >= 0.3 is 8.25 Å². The molecule has 1 atom stereocenters. The highest BCUT2D eigenvalue weighted by Gasteiger charge is 2.36. The largest absolute Gasteiger partial charge is 0.697 e. The molecule has 22 heavy (non-hydrogen) atoms. The molecule has 0 aromatic heterocycles. The lowest BCUT2D eigenvalue weighted by Gasteiger charge is -2.34.